The molecule has 22 heavy (non-hydrogen) atoms. The Hall–Kier alpha value is -1.42. The first-order valence-electron chi connectivity index (χ1n) is 8.26. The molecule has 4 heteroatoms. The molecule has 0 saturated carbocycles. The van der Waals surface area contributed by atoms with Crippen molar-refractivity contribution in [3.8, 4) is 0 Å². The molecule has 1 amide bonds. The van der Waals surface area contributed by atoms with E-state index in [1.807, 2.05) is 4.90 Å². The number of hydrogen-bond donors (Lipinski definition) is 0. The van der Waals surface area contributed by atoms with Crippen LogP contribution in [0.3, 0.4) is 0 Å². The number of carbonyl (C=O) groups excluding carboxylic acids is 1. The van der Waals surface area contributed by atoms with Crippen molar-refractivity contribution in [1.29, 1.82) is 0 Å². The van der Waals surface area contributed by atoms with Crippen LogP contribution in [0.5, 0.6) is 0 Å². The quantitative estimate of drug-likeness (QED) is 0.857. The van der Waals surface area contributed by atoms with Gasteiger partial charge in [-0.2, -0.15) is 0 Å². The zero-order chi connectivity index (χ0) is 15.7. The highest BCUT2D eigenvalue weighted by atomic mass is 19.1. The SMILES string of the molecule is CN(C)CC1CCN(C(=O)C2CCc3cc(F)ccc32)CC1. The van der Waals surface area contributed by atoms with Gasteiger partial charge in [-0.3, -0.25) is 4.79 Å². The van der Waals surface area contributed by atoms with E-state index in [1.54, 1.807) is 12.1 Å². The Kier molecular flexibility index (Phi) is 4.48. The minimum atomic E-state index is -0.198. The van der Waals surface area contributed by atoms with Gasteiger partial charge in [-0.05, 0) is 69.0 Å². The smallest absolute Gasteiger partial charge is 0.230 e. The molecule has 120 valence electrons. The van der Waals surface area contributed by atoms with E-state index in [4.69, 9.17) is 0 Å². The van der Waals surface area contributed by atoms with Crippen LogP contribution in [0.15, 0.2) is 18.2 Å². The van der Waals surface area contributed by atoms with Crippen molar-refractivity contribution in [2.45, 2.75) is 31.6 Å². The molecule has 1 aromatic carbocycles. The van der Waals surface area contributed by atoms with Gasteiger partial charge in [-0.15, -0.1) is 0 Å². The first-order chi connectivity index (χ1) is 10.5. The van der Waals surface area contributed by atoms with Crippen LogP contribution < -0.4 is 0 Å². The number of nitrogens with zero attached hydrogens (tertiary/aromatic N) is 2. The normalized spacial score (nSPS) is 22.2. The van der Waals surface area contributed by atoms with Crippen LogP contribution in [0, 0.1) is 11.7 Å². The van der Waals surface area contributed by atoms with Crippen molar-refractivity contribution in [3.05, 3.63) is 35.1 Å². The monoisotopic (exact) mass is 304 g/mol. The molecule has 1 aromatic rings. The minimum Gasteiger partial charge on any atom is -0.342 e. The van der Waals surface area contributed by atoms with Crippen LogP contribution in [-0.2, 0) is 11.2 Å². The van der Waals surface area contributed by atoms with E-state index < -0.39 is 0 Å². The molecule has 1 atom stereocenters. The molecule has 1 saturated heterocycles. The lowest BCUT2D eigenvalue weighted by atomic mass is 9.94. The van der Waals surface area contributed by atoms with Crippen LogP contribution in [-0.4, -0.2) is 49.4 Å². The highest BCUT2D eigenvalue weighted by Crippen LogP contribution is 2.35. The van der Waals surface area contributed by atoms with Gasteiger partial charge in [-0.1, -0.05) is 6.07 Å². The molecule has 0 bridgehead atoms. The molecular formula is C18H25FN2O. The summed E-state index contributed by atoms with van der Waals surface area (Å²) in [7, 11) is 4.21. The van der Waals surface area contributed by atoms with Crippen molar-refractivity contribution in [2.75, 3.05) is 33.7 Å². The van der Waals surface area contributed by atoms with Crippen molar-refractivity contribution < 1.29 is 9.18 Å². The number of hydrogen-bond acceptors (Lipinski definition) is 2. The summed E-state index contributed by atoms with van der Waals surface area (Å²) >= 11 is 0. The Morgan fingerprint density at radius 2 is 2.00 bits per heavy atom. The molecule has 1 unspecified atom stereocenters. The lowest BCUT2D eigenvalue weighted by molar-refractivity contribution is -0.134. The summed E-state index contributed by atoms with van der Waals surface area (Å²) < 4.78 is 13.3. The second-order valence-electron chi connectivity index (χ2n) is 6.97. The minimum absolute atomic E-state index is 0.0546. The number of piperidine rings is 1. The molecule has 0 aromatic heterocycles. The summed E-state index contributed by atoms with van der Waals surface area (Å²) in [4.78, 5) is 17.0. The molecule has 3 rings (SSSR count). The second-order valence-corrected chi connectivity index (χ2v) is 6.97. The summed E-state index contributed by atoms with van der Waals surface area (Å²) in [5, 5.41) is 0. The Balaban J connectivity index is 1.62. The van der Waals surface area contributed by atoms with Gasteiger partial charge in [0.1, 0.15) is 5.82 Å². The van der Waals surface area contributed by atoms with E-state index >= 15 is 0 Å². The molecule has 0 spiro atoms. The Morgan fingerprint density at radius 1 is 1.27 bits per heavy atom. The Bertz CT molecular complexity index is 550. The van der Waals surface area contributed by atoms with Crippen LogP contribution in [0.25, 0.3) is 0 Å². The zero-order valence-electron chi connectivity index (χ0n) is 13.5. The maximum absolute atomic E-state index is 13.3. The van der Waals surface area contributed by atoms with Gasteiger partial charge < -0.3 is 9.80 Å². The first-order valence-corrected chi connectivity index (χ1v) is 8.26. The van der Waals surface area contributed by atoms with Gasteiger partial charge in [-0.25, -0.2) is 4.39 Å². The predicted octanol–water partition coefficient (Wildman–Crippen LogP) is 2.66. The molecule has 0 radical (unpaired) electrons. The van der Waals surface area contributed by atoms with E-state index in [9.17, 15) is 9.18 Å². The molecule has 1 aliphatic carbocycles. The van der Waals surface area contributed by atoms with Gasteiger partial charge in [0.2, 0.25) is 5.91 Å². The third kappa shape index (κ3) is 3.17. The fourth-order valence-corrected chi connectivity index (χ4v) is 3.92. The largest absolute Gasteiger partial charge is 0.342 e. The molecule has 1 heterocycles. The van der Waals surface area contributed by atoms with E-state index in [-0.39, 0.29) is 17.6 Å². The summed E-state index contributed by atoms with van der Waals surface area (Å²) in [6.07, 6.45) is 3.83. The Labute approximate surface area is 132 Å². The lowest BCUT2D eigenvalue weighted by Gasteiger charge is -2.34. The number of fused-ring (bicyclic) bond motifs is 1. The highest BCUT2D eigenvalue weighted by molar-refractivity contribution is 5.85. The highest BCUT2D eigenvalue weighted by Gasteiger charge is 2.33. The third-order valence-electron chi connectivity index (χ3n) is 5.03. The number of likely N-dealkylation sites (tertiary alicyclic amines) is 1. The lowest BCUT2D eigenvalue weighted by Crippen LogP contribution is -2.42. The maximum Gasteiger partial charge on any atom is 0.230 e. The average molecular weight is 304 g/mol. The van der Waals surface area contributed by atoms with Crippen molar-refractivity contribution >= 4 is 5.91 Å². The number of rotatable bonds is 3. The summed E-state index contributed by atoms with van der Waals surface area (Å²) in [5.74, 6) is 0.690. The van der Waals surface area contributed by atoms with E-state index in [1.165, 1.54) is 6.07 Å². The van der Waals surface area contributed by atoms with E-state index in [0.717, 1.165) is 56.4 Å². The fourth-order valence-electron chi connectivity index (χ4n) is 3.92. The van der Waals surface area contributed by atoms with E-state index in [0.29, 0.717) is 5.92 Å². The average Bonchev–Trinajstić information content (AvgIpc) is 2.89. The molecule has 3 nitrogen and oxygen atoms in total. The number of benzene rings is 1. The van der Waals surface area contributed by atoms with Crippen LogP contribution in [0.1, 0.15) is 36.3 Å². The summed E-state index contributed by atoms with van der Waals surface area (Å²) in [6.45, 7) is 2.84. The van der Waals surface area contributed by atoms with Crippen molar-refractivity contribution in [1.82, 2.24) is 9.80 Å². The summed E-state index contributed by atoms with van der Waals surface area (Å²) in [5.41, 5.74) is 2.06. The van der Waals surface area contributed by atoms with Crippen LogP contribution in [0.2, 0.25) is 0 Å². The van der Waals surface area contributed by atoms with Gasteiger partial charge >= 0.3 is 0 Å². The number of aryl methyl sites for hydroxylation is 1. The van der Waals surface area contributed by atoms with Gasteiger partial charge in [0, 0.05) is 19.6 Å². The molecule has 1 aliphatic heterocycles. The maximum atomic E-state index is 13.3. The second kappa shape index (κ2) is 6.37. The Morgan fingerprint density at radius 3 is 2.68 bits per heavy atom. The van der Waals surface area contributed by atoms with Gasteiger partial charge in [0.15, 0.2) is 0 Å². The topological polar surface area (TPSA) is 23.6 Å². The standard InChI is InChI=1S/C18H25FN2O/c1-20(2)12-13-7-9-21(10-8-13)18(22)17-5-3-14-11-15(19)4-6-16(14)17/h4,6,11,13,17H,3,5,7-10,12H2,1-2H3. The molecular weight excluding hydrogens is 279 g/mol. The molecule has 1 fully saturated rings. The third-order valence-corrected chi connectivity index (χ3v) is 5.03. The predicted molar refractivity (Wildman–Crippen MR) is 85.3 cm³/mol. The number of halogens is 1. The van der Waals surface area contributed by atoms with Crippen LogP contribution >= 0.6 is 0 Å². The van der Waals surface area contributed by atoms with Gasteiger partial charge in [0.05, 0.1) is 5.92 Å². The summed E-state index contributed by atoms with van der Waals surface area (Å²) in [6, 6.07) is 4.87. The number of carbonyl (C=O) groups is 1. The van der Waals surface area contributed by atoms with Crippen LogP contribution in [0.4, 0.5) is 4.39 Å². The van der Waals surface area contributed by atoms with Crippen molar-refractivity contribution in [3.63, 3.8) is 0 Å². The zero-order valence-corrected chi connectivity index (χ0v) is 13.5. The molecule has 2 aliphatic rings. The van der Waals surface area contributed by atoms with E-state index in [2.05, 4.69) is 19.0 Å². The first kappa shape index (κ1) is 15.5. The number of amides is 1. The fraction of sp³-hybridized carbons (Fsp3) is 0.611. The van der Waals surface area contributed by atoms with Gasteiger partial charge in [0.25, 0.3) is 0 Å². The van der Waals surface area contributed by atoms with Crippen molar-refractivity contribution in [2.24, 2.45) is 5.92 Å². The molecule has 0 N–H and O–H groups in total.